The maximum Gasteiger partial charge on any atom is 0.317 e. The molecule has 6 nitrogen and oxygen atoms in total. The van der Waals surface area contributed by atoms with Gasteiger partial charge >= 0.3 is 6.03 Å². The molecular weight excluding hydrogens is 278 g/mol. The summed E-state index contributed by atoms with van der Waals surface area (Å²) in [5.41, 5.74) is 2.11. The molecule has 2 aromatic rings. The standard InChI is InChI=1S/C16H23N5O/c1-19(2)13-8-6-12(7-9-13)14(18-16(22)20(3)4)15-17-10-11-21(15)5/h6-11,14H,1-5H3,(H,18,22). The highest BCUT2D eigenvalue weighted by Crippen LogP contribution is 2.23. The summed E-state index contributed by atoms with van der Waals surface area (Å²) in [6.07, 6.45) is 3.61. The lowest BCUT2D eigenvalue weighted by molar-refractivity contribution is 0.214. The third-order valence-electron chi connectivity index (χ3n) is 3.53. The van der Waals surface area contributed by atoms with E-state index in [0.29, 0.717) is 0 Å². The first kappa shape index (κ1) is 15.9. The topological polar surface area (TPSA) is 53.4 Å². The van der Waals surface area contributed by atoms with Gasteiger partial charge in [-0.25, -0.2) is 9.78 Å². The number of aromatic nitrogens is 2. The van der Waals surface area contributed by atoms with Crippen LogP contribution < -0.4 is 10.2 Å². The van der Waals surface area contributed by atoms with Gasteiger partial charge in [0.05, 0.1) is 0 Å². The highest BCUT2D eigenvalue weighted by atomic mass is 16.2. The number of aryl methyl sites for hydroxylation is 1. The smallest absolute Gasteiger partial charge is 0.317 e. The van der Waals surface area contributed by atoms with Crippen LogP contribution in [0.1, 0.15) is 17.4 Å². The quantitative estimate of drug-likeness (QED) is 0.937. The summed E-state index contributed by atoms with van der Waals surface area (Å²) in [4.78, 5) is 20.0. The highest BCUT2D eigenvalue weighted by Gasteiger charge is 2.21. The number of urea groups is 1. The molecule has 1 aromatic carbocycles. The van der Waals surface area contributed by atoms with Gasteiger partial charge in [-0.3, -0.25) is 0 Å². The Morgan fingerprint density at radius 2 is 1.82 bits per heavy atom. The fraction of sp³-hybridized carbons (Fsp3) is 0.375. The number of hydrogen-bond donors (Lipinski definition) is 1. The van der Waals surface area contributed by atoms with Crippen molar-refractivity contribution in [3.63, 3.8) is 0 Å². The van der Waals surface area contributed by atoms with E-state index in [1.807, 2.05) is 61.1 Å². The van der Waals surface area contributed by atoms with Crippen molar-refractivity contribution in [1.29, 1.82) is 0 Å². The second-order valence-electron chi connectivity index (χ2n) is 5.66. The number of carbonyl (C=O) groups excluding carboxylic acids is 1. The lowest BCUT2D eigenvalue weighted by Crippen LogP contribution is -2.38. The minimum absolute atomic E-state index is 0.148. The third kappa shape index (κ3) is 3.39. The summed E-state index contributed by atoms with van der Waals surface area (Å²) in [6, 6.07) is 7.67. The van der Waals surface area contributed by atoms with E-state index in [9.17, 15) is 4.79 Å². The Morgan fingerprint density at radius 1 is 1.18 bits per heavy atom. The van der Waals surface area contributed by atoms with Crippen LogP contribution in [0.25, 0.3) is 0 Å². The van der Waals surface area contributed by atoms with Gasteiger partial charge in [0.1, 0.15) is 11.9 Å². The summed E-state index contributed by atoms with van der Waals surface area (Å²) in [6.45, 7) is 0. The molecule has 0 aliphatic carbocycles. The van der Waals surface area contributed by atoms with Crippen LogP contribution in [0.2, 0.25) is 0 Å². The van der Waals surface area contributed by atoms with Crippen LogP contribution in [0.3, 0.4) is 0 Å². The van der Waals surface area contributed by atoms with E-state index in [1.54, 1.807) is 20.3 Å². The molecule has 1 atom stereocenters. The zero-order chi connectivity index (χ0) is 16.3. The average Bonchev–Trinajstić information content (AvgIpc) is 2.90. The summed E-state index contributed by atoms with van der Waals surface area (Å²) in [7, 11) is 9.36. The molecule has 6 heteroatoms. The van der Waals surface area contributed by atoms with E-state index in [4.69, 9.17) is 0 Å². The predicted molar refractivity (Wildman–Crippen MR) is 88.0 cm³/mol. The summed E-state index contributed by atoms with van der Waals surface area (Å²) in [5, 5.41) is 3.01. The van der Waals surface area contributed by atoms with Gasteiger partial charge in [-0.15, -0.1) is 0 Å². The van der Waals surface area contributed by atoms with Gasteiger partial charge in [0.15, 0.2) is 0 Å². The van der Waals surface area contributed by atoms with Crippen molar-refractivity contribution in [3.05, 3.63) is 48.0 Å². The molecule has 22 heavy (non-hydrogen) atoms. The molecular formula is C16H23N5O. The van der Waals surface area contributed by atoms with Crippen molar-refractivity contribution in [2.45, 2.75) is 6.04 Å². The van der Waals surface area contributed by atoms with Gasteiger partial charge in [-0.05, 0) is 17.7 Å². The monoisotopic (exact) mass is 301 g/mol. The second kappa shape index (κ2) is 6.51. The third-order valence-corrected chi connectivity index (χ3v) is 3.53. The number of nitrogens with one attached hydrogen (secondary N) is 1. The molecule has 1 heterocycles. The molecule has 1 aromatic heterocycles. The van der Waals surface area contributed by atoms with Gasteiger partial charge in [0.2, 0.25) is 0 Å². The van der Waals surface area contributed by atoms with Crippen molar-refractivity contribution in [1.82, 2.24) is 19.8 Å². The number of amides is 2. The van der Waals surface area contributed by atoms with Crippen molar-refractivity contribution < 1.29 is 4.79 Å². The summed E-state index contributed by atoms with van der Waals surface area (Å²) in [5.74, 6) is 0.799. The minimum Gasteiger partial charge on any atom is -0.378 e. The van der Waals surface area contributed by atoms with Crippen molar-refractivity contribution >= 4 is 11.7 Å². The number of carbonyl (C=O) groups is 1. The fourth-order valence-corrected chi connectivity index (χ4v) is 2.17. The van der Waals surface area contributed by atoms with E-state index in [0.717, 1.165) is 17.1 Å². The molecule has 0 fully saturated rings. The van der Waals surface area contributed by atoms with Gasteiger partial charge in [0, 0.05) is 53.3 Å². The Balaban J connectivity index is 2.35. The Kier molecular flexibility index (Phi) is 4.70. The first-order valence-electron chi connectivity index (χ1n) is 7.12. The van der Waals surface area contributed by atoms with Crippen molar-refractivity contribution in [3.8, 4) is 0 Å². The maximum atomic E-state index is 12.1. The van der Waals surface area contributed by atoms with E-state index in [-0.39, 0.29) is 12.1 Å². The Morgan fingerprint density at radius 3 is 2.27 bits per heavy atom. The number of hydrogen-bond acceptors (Lipinski definition) is 3. The average molecular weight is 301 g/mol. The number of benzene rings is 1. The molecule has 118 valence electrons. The molecule has 1 N–H and O–H groups in total. The molecule has 0 spiro atoms. The zero-order valence-corrected chi connectivity index (χ0v) is 13.7. The Bertz CT molecular complexity index is 630. The molecule has 0 aliphatic heterocycles. The fourth-order valence-electron chi connectivity index (χ4n) is 2.17. The minimum atomic E-state index is -0.286. The van der Waals surface area contributed by atoms with Crippen LogP contribution in [0.15, 0.2) is 36.7 Å². The molecule has 2 rings (SSSR count). The molecule has 0 radical (unpaired) electrons. The van der Waals surface area contributed by atoms with Crippen molar-refractivity contribution in [2.24, 2.45) is 7.05 Å². The lowest BCUT2D eigenvalue weighted by atomic mass is 10.1. The van der Waals surface area contributed by atoms with Crippen LogP contribution in [-0.2, 0) is 7.05 Å². The van der Waals surface area contributed by atoms with Crippen LogP contribution in [-0.4, -0.2) is 48.7 Å². The molecule has 1 unspecified atom stereocenters. The molecule has 0 aliphatic rings. The van der Waals surface area contributed by atoms with Crippen molar-refractivity contribution in [2.75, 3.05) is 33.1 Å². The van der Waals surface area contributed by atoms with Gasteiger partial charge in [-0.2, -0.15) is 0 Å². The van der Waals surface area contributed by atoms with Crippen LogP contribution in [0.4, 0.5) is 10.5 Å². The normalized spacial score (nSPS) is 11.9. The SMILES string of the molecule is CN(C)C(=O)NC(c1ccc(N(C)C)cc1)c1nccn1C. The second-order valence-corrected chi connectivity index (χ2v) is 5.66. The molecule has 0 saturated carbocycles. The Hall–Kier alpha value is -2.50. The molecule has 2 amide bonds. The first-order valence-corrected chi connectivity index (χ1v) is 7.12. The molecule has 0 bridgehead atoms. The van der Waals surface area contributed by atoms with Gasteiger partial charge in [0.25, 0.3) is 0 Å². The van der Waals surface area contributed by atoms with Crippen LogP contribution in [0.5, 0.6) is 0 Å². The lowest BCUT2D eigenvalue weighted by Gasteiger charge is -2.22. The predicted octanol–water partition coefficient (Wildman–Crippen LogP) is 1.85. The van der Waals surface area contributed by atoms with E-state index >= 15 is 0 Å². The number of rotatable bonds is 4. The molecule has 0 saturated heterocycles. The van der Waals surface area contributed by atoms with Crippen LogP contribution >= 0.6 is 0 Å². The summed E-state index contributed by atoms with van der Waals surface area (Å²) < 4.78 is 1.92. The van der Waals surface area contributed by atoms with Gasteiger partial charge in [-0.1, -0.05) is 12.1 Å². The summed E-state index contributed by atoms with van der Waals surface area (Å²) >= 11 is 0. The van der Waals surface area contributed by atoms with Crippen LogP contribution in [0, 0.1) is 0 Å². The van der Waals surface area contributed by atoms with E-state index in [1.165, 1.54) is 4.90 Å². The van der Waals surface area contributed by atoms with E-state index in [2.05, 4.69) is 10.3 Å². The number of anilines is 1. The largest absolute Gasteiger partial charge is 0.378 e. The number of nitrogens with zero attached hydrogens (tertiary/aromatic N) is 4. The highest BCUT2D eigenvalue weighted by molar-refractivity contribution is 5.74. The first-order chi connectivity index (χ1) is 10.4. The van der Waals surface area contributed by atoms with Gasteiger partial charge < -0.3 is 19.7 Å². The Labute approximate surface area is 131 Å². The number of imidazole rings is 1. The van der Waals surface area contributed by atoms with E-state index < -0.39 is 0 Å². The maximum absolute atomic E-state index is 12.1. The zero-order valence-electron chi connectivity index (χ0n) is 13.7.